The molecule has 20 heavy (non-hydrogen) atoms. The van der Waals surface area contributed by atoms with Crippen molar-refractivity contribution >= 4 is 12.1 Å². The van der Waals surface area contributed by atoms with Crippen LogP contribution in [0.5, 0.6) is 5.75 Å². The minimum Gasteiger partial charge on any atom is -0.494 e. The molecular weight excluding hydrogens is 252 g/mol. The topological polar surface area (TPSA) is 51.2 Å². The molecule has 2 heterocycles. The fourth-order valence-electron chi connectivity index (χ4n) is 2.75. The van der Waals surface area contributed by atoms with Crippen molar-refractivity contribution in [2.45, 2.75) is 12.3 Å². The normalized spacial score (nSPS) is 20.1. The average Bonchev–Trinajstić information content (AvgIpc) is 2.88. The first-order valence-corrected chi connectivity index (χ1v) is 6.70. The summed E-state index contributed by atoms with van der Waals surface area (Å²) >= 11 is 0. The van der Waals surface area contributed by atoms with Crippen LogP contribution in [0, 0.1) is 0 Å². The fourth-order valence-corrected chi connectivity index (χ4v) is 2.75. The lowest BCUT2D eigenvalue weighted by atomic mass is 9.77. The number of ether oxygens (including phenoxy) is 1. The molecule has 0 saturated carbocycles. The predicted molar refractivity (Wildman–Crippen MR) is 77.2 cm³/mol. The van der Waals surface area contributed by atoms with E-state index in [9.17, 15) is 4.79 Å². The van der Waals surface area contributed by atoms with Crippen LogP contribution in [0.2, 0.25) is 0 Å². The molecule has 0 spiro atoms. The summed E-state index contributed by atoms with van der Waals surface area (Å²) in [5, 5.41) is 3.21. The molecule has 1 atom stereocenters. The van der Waals surface area contributed by atoms with E-state index in [0.29, 0.717) is 13.2 Å². The molecule has 1 unspecified atom stereocenters. The molecule has 0 radical (unpaired) electrons. The van der Waals surface area contributed by atoms with Crippen molar-refractivity contribution in [3.05, 3.63) is 53.7 Å². The van der Waals surface area contributed by atoms with E-state index in [0.717, 1.165) is 29.0 Å². The predicted octanol–water partition coefficient (Wildman–Crippen LogP) is 2.39. The van der Waals surface area contributed by atoms with Gasteiger partial charge in [0.2, 0.25) is 0 Å². The number of carbonyl (C=O) groups is 1. The second kappa shape index (κ2) is 4.96. The van der Waals surface area contributed by atoms with Gasteiger partial charge in [0.25, 0.3) is 0 Å². The van der Waals surface area contributed by atoms with Gasteiger partial charge in [-0.15, -0.1) is 0 Å². The third kappa shape index (κ3) is 1.76. The van der Waals surface area contributed by atoms with Crippen molar-refractivity contribution in [3.63, 3.8) is 0 Å². The number of benzene rings is 1. The number of fused-ring (bicyclic) bond motifs is 1. The maximum Gasteiger partial charge on any atom is 0.137 e. The van der Waals surface area contributed by atoms with Crippen LogP contribution in [-0.2, 0) is 10.2 Å². The Hall–Kier alpha value is -2.36. The van der Waals surface area contributed by atoms with Crippen LogP contribution in [0.25, 0.3) is 0 Å². The number of hydrogen-bond donors (Lipinski definition) is 1. The van der Waals surface area contributed by atoms with Crippen LogP contribution in [0.15, 0.2) is 42.6 Å². The number of aldehydes is 1. The summed E-state index contributed by atoms with van der Waals surface area (Å²) in [5.74, 6) is 1.52. The Balaban J connectivity index is 2.19. The summed E-state index contributed by atoms with van der Waals surface area (Å²) < 4.78 is 5.68. The molecule has 4 heteroatoms. The van der Waals surface area contributed by atoms with Gasteiger partial charge in [0.1, 0.15) is 23.3 Å². The fraction of sp³-hybridized carbons (Fsp3) is 0.250. The lowest BCUT2D eigenvalue weighted by Gasteiger charge is -2.25. The molecule has 102 valence electrons. The lowest BCUT2D eigenvalue weighted by Crippen LogP contribution is -2.32. The summed E-state index contributed by atoms with van der Waals surface area (Å²) in [6, 6.07) is 11.5. The van der Waals surface area contributed by atoms with E-state index in [4.69, 9.17) is 4.74 Å². The molecule has 0 aliphatic carbocycles. The number of hydrogen-bond acceptors (Lipinski definition) is 4. The summed E-state index contributed by atoms with van der Waals surface area (Å²) in [4.78, 5) is 16.2. The molecule has 1 aliphatic rings. The van der Waals surface area contributed by atoms with Gasteiger partial charge < -0.3 is 14.8 Å². The molecular formula is C16H16N2O2. The molecule has 0 bridgehead atoms. The van der Waals surface area contributed by atoms with Crippen LogP contribution in [0.4, 0.5) is 5.82 Å². The van der Waals surface area contributed by atoms with E-state index >= 15 is 0 Å². The van der Waals surface area contributed by atoms with Gasteiger partial charge >= 0.3 is 0 Å². The number of anilines is 1. The monoisotopic (exact) mass is 268 g/mol. The SMILES string of the molecule is CCOc1ccccc1C1(C=O)CNc2ncccc21. The Bertz CT molecular complexity index is 642. The molecule has 0 fully saturated rings. The van der Waals surface area contributed by atoms with E-state index in [1.165, 1.54) is 0 Å². The zero-order valence-corrected chi connectivity index (χ0v) is 11.3. The van der Waals surface area contributed by atoms with Crippen molar-refractivity contribution in [2.75, 3.05) is 18.5 Å². The highest BCUT2D eigenvalue weighted by molar-refractivity contribution is 5.83. The molecule has 1 N–H and O–H groups in total. The minimum atomic E-state index is -0.727. The Morgan fingerprint density at radius 3 is 2.90 bits per heavy atom. The maximum absolute atomic E-state index is 11.9. The number of nitrogens with zero attached hydrogens (tertiary/aromatic N) is 1. The highest BCUT2D eigenvalue weighted by Gasteiger charge is 2.43. The van der Waals surface area contributed by atoms with Crippen molar-refractivity contribution in [2.24, 2.45) is 0 Å². The Morgan fingerprint density at radius 1 is 1.30 bits per heavy atom. The molecule has 0 amide bonds. The number of carbonyl (C=O) groups excluding carboxylic acids is 1. The molecule has 2 aromatic rings. The van der Waals surface area contributed by atoms with E-state index in [1.807, 2.05) is 43.3 Å². The smallest absolute Gasteiger partial charge is 0.137 e. The van der Waals surface area contributed by atoms with E-state index in [-0.39, 0.29) is 0 Å². The first kappa shape index (κ1) is 12.7. The largest absolute Gasteiger partial charge is 0.494 e. The summed E-state index contributed by atoms with van der Waals surface area (Å²) in [6.45, 7) is 3.01. The zero-order valence-electron chi connectivity index (χ0n) is 11.3. The van der Waals surface area contributed by atoms with Crippen molar-refractivity contribution < 1.29 is 9.53 Å². The lowest BCUT2D eigenvalue weighted by molar-refractivity contribution is -0.110. The maximum atomic E-state index is 11.9. The summed E-state index contributed by atoms with van der Waals surface area (Å²) in [5.41, 5.74) is 1.06. The zero-order chi connectivity index (χ0) is 14.0. The van der Waals surface area contributed by atoms with Gasteiger partial charge in [0.05, 0.1) is 6.61 Å². The van der Waals surface area contributed by atoms with Gasteiger partial charge in [0.15, 0.2) is 0 Å². The standard InChI is InChI=1S/C16H16N2O2/c1-2-20-14-8-4-3-6-12(14)16(11-19)10-18-15-13(16)7-5-9-17-15/h3-9,11H,2,10H2,1H3,(H,17,18). The first-order chi connectivity index (χ1) is 9.81. The number of para-hydroxylation sites is 1. The summed E-state index contributed by atoms with van der Waals surface area (Å²) in [6.07, 6.45) is 2.71. The quantitative estimate of drug-likeness (QED) is 0.865. The number of rotatable bonds is 4. The highest BCUT2D eigenvalue weighted by atomic mass is 16.5. The molecule has 0 saturated heterocycles. The second-order valence-corrected chi connectivity index (χ2v) is 4.77. The van der Waals surface area contributed by atoms with Crippen LogP contribution in [-0.4, -0.2) is 24.4 Å². The minimum absolute atomic E-state index is 0.507. The van der Waals surface area contributed by atoms with E-state index in [2.05, 4.69) is 10.3 Å². The summed E-state index contributed by atoms with van der Waals surface area (Å²) in [7, 11) is 0. The number of nitrogens with one attached hydrogen (secondary N) is 1. The highest BCUT2D eigenvalue weighted by Crippen LogP contribution is 2.42. The molecule has 4 nitrogen and oxygen atoms in total. The number of aromatic nitrogens is 1. The third-order valence-corrected chi connectivity index (χ3v) is 3.69. The first-order valence-electron chi connectivity index (χ1n) is 6.70. The van der Waals surface area contributed by atoms with Crippen LogP contribution in [0.1, 0.15) is 18.1 Å². The van der Waals surface area contributed by atoms with Crippen LogP contribution < -0.4 is 10.1 Å². The van der Waals surface area contributed by atoms with Crippen molar-refractivity contribution in [3.8, 4) is 5.75 Å². The van der Waals surface area contributed by atoms with Gasteiger partial charge in [-0.3, -0.25) is 0 Å². The number of pyridine rings is 1. The van der Waals surface area contributed by atoms with Gasteiger partial charge in [-0.1, -0.05) is 24.3 Å². The Labute approximate surface area is 117 Å². The molecule has 1 aromatic heterocycles. The van der Waals surface area contributed by atoms with Crippen molar-refractivity contribution in [1.82, 2.24) is 4.98 Å². The van der Waals surface area contributed by atoms with E-state index < -0.39 is 5.41 Å². The van der Waals surface area contributed by atoms with Crippen LogP contribution in [0.3, 0.4) is 0 Å². The molecule has 3 rings (SSSR count). The van der Waals surface area contributed by atoms with Gasteiger partial charge in [0, 0.05) is 23.9 Å². The second-order valence-electron chi connectivity index (χ2n) is 4.77. The average molecular weight is 268 g/mol. The third-order valence-electron chi connectivity index (χ3n) is 3.69. The van der Waals surface area contributed by atoms with Crippen molar-refractivity contribution in [1.29, 1.82) is 0 Å². The van der Waals surface area contributed by atoms with Crippen LogP contribution >= 0.6 is 0 Å². The van der Waals surface area contributed by atoms with Gasteiger partial charge in [-0.25, -0.2) is 4.98 Å². The molecule has 1 aromatic carbocycles. The Kier molecular flexibility index (Phi) is 3.14. The van der Waals surface area contributed by atoms with Gasteiger partial charge in [-0.2, -0.15) is 0 Å². The Morgan fingerprint density at radius 2 is 2.10 bits per heavy atom. The van der Waals surface area contributed by atoms with E-state index in [1.54, 1.807) is 6.20 Å². The van der Waals surface area contributed by atoms with Gasteiger partial charge in [-0.05, 0) is 19.1 Å². The molecule has 1 aliphatic heterocycles.